The van der Waals surface area contributed by atoms with E-state index in [1.807, 2.05) is 7.05 Å². The summed E-state index contributed by atoms with van der Waals surface area (Å²) in [6.07, 6.45) is -1.22. The number of amides is 1. The van der Waals surface area contributed by atoms with Crippen LogP contribution in [0.5, 0.6) is 0 Å². The third-order valence-electron chi connectivity index (χ3n) is 4.91. The van der Waals surface area contributed by atoms with Crippen LogP contribution in [0.2, 0.25) is 0 Å². The minimum atomic E-state index is -4.53. The lowest BCUT2D eigenvalue weighted by Gasteiger charge is -2.31. The van der Waals surface area contributed by atoms with E-state index in [1.54, 1.807) is 6.07 Å². The topological polar surface area (TPSA) is 73.1 Å². The molecule has 1 saturated heterocycles. The number of piperidine rings is 1. The molecule has 2 aromatic rings. The van der Waals surface area contributed by atoms with Crippen LogP contribution >= 0.6 is 24.8 Å². The van der Waals surface area contributed by atoms with Gasteiger partial charge in [0.05, 0.1) is 17.6 Å². The lowest BCUT2D eigenvalue weighted by atomic mass is 9.93. The van der Waals surface area contributed by atoms with Crippen LogP contribution < -0.4 is 10.6 Å². The molecule has 3 rings (SSSR count). The van der Waals surface area contributed by atoms with Crippen molar-refractivity contribution in [2.24, 2.45) is 5.92 Å². The summed E-state index contributed by atoms with van der Waals surface area (Å²) in [5, 5.41) is 5.92. The normalized spacial score (nSPS) is 15.6. The van der Waals surface area contributed by atoms with Gasteiger partial charge in [-0.1, -0.05) is 0 Å². The lowest BCUT2D eigenvalue weighted by Crippen LogP contribution is -2.39. The van der Waals surface area contributed by atoms with Gasteiger partial charge in [0.15, 0.2) is 0 Å². The summed E-state index contributed by atoms with van der Waals surface area (Å²) in [6.45, 7) is 3.07. The van der Waals surface area contributed by atoms with Gasteiger partial charge in [-0.25, -0.2) is 4.98 Å². The molecule has 0 aliphatic carbocycles. The Morgan fingerprint density at radius 1 is 1.28 bits per heavy atom. The second-order valence-corrected chi connectivity index (χ2v) is 6.98. The number of halogens is 5. The first-order chi connectivity index (χ1) is 12.8. The fourth-order valence-corrected chi connectivity index (χ4v) is 3.41. The van der Waals surface area contributed by atoms with Gasteiger partial charge in [0.2, 0.25) is 11.7 Å². The predicted molar refractivity (Wildman–Crippen MR) is 112 cm³/mol. The van der Waals surface area contributed by atoms with E-state index in [-0.39, 0.29) is 48.3 Å². The largest absolute Gasteiger partial charge is 0.449 e. The van der Waals surface area contributed by atoms with Gasteiger partial charge in [-0.2, -0.15) is 13.2 Å². The zero-order valence-electron chi connectivity index (χ0n) is 16.0. The van der Waals surface area contributed by atoms with Gasteiger partial charge in [-0.15, -0.1) is 24.8 Å². The van der Waals surface area contributed by atoms with Crippen molar-refractivity contribution in [1.29, 1.82) is 0 Å². The molecule has 1 aromatic heterocycles. The first kappa shape index (κ1) is 25.5. The lowest BCUT2D eigenvalue weighted by molar-refractivity contribution is -0.144. The molecule has 1 amide bonds. The fraction of sp³-hybridized carbons (Fsp3) is 0.556. The van der Waals surface area contributed by atoms with Crippen molar-refractivity contribution in [2.75, 3.05) is 38.5 Å². The van der Waals surface area contributed by atoms with Crippen molar-refractivity contribution >= 4 is 47.4 Å². The van der Waals surface area contributed by atoms with Gasteiger partial charge in [-0.3, -0.25) is 9.69 Å². The highest BCUT2D eigenvalue weighted by molar-refractivity contribution is 5.94. The second-order valence-electron chi connectivity index (χ2n) is 6.98. The number of nitrogens with zero attached hydrogens (tertiary/aromatic N) is 2. The highest BCUT2D eigenvalue weighted by atomic mass is 35.5. The van der Waals surface area contributed by atoms with E-state index in [4.69, 9.17) is 0 Å². The summed E-state index contributed by atoms with van der Waals surface area (Å²) >= 11 is 0. The molecule has 1 aliphatic rings. The van der Waals surface area contributed by atoms with Crippen molar-refractivity contribution in [3.63, 3.8) is 0 Å². The van der Waals surface area contributed by atoms with Gasteiger partial charge in [0.25, 0.3) is 0 Å². The van der Waals surface area contributed by atoms with Crippen molar-refractivity contribution < 1.29 is 18.0 Å². The minimum Gasteiger partial charge on any atom is -0.334 e. The van der Waals surface area contributed by atoms with Crippen LogP contribution in [-0.4, -0.2) is 54.0 Å². The monoisotopic (exact) mass is 455 g/mol. The molecule has 1 aromatic carbocycles. The Balaban J connectivity index is 0.00000210. The Bertz CT molecular complexity index is 791. The first-order valence-electron chi connectivity index (χ1n) is 9.09. The Hall–Kier alpha value is -1.55. The number of likely N-dealkylation sites (tertiary alicyclic amines) is 1. The van der Waals surface area contributed by atoms with Crippen LogP contribution in [-0.2, 0) is 11.0 Å². The minimum absolute atomic E-state index is 0. The summed E-state index contributed by atoms with van der Waals surface area (Å²) in [4.78, 5) is 20.1. The number of imidazole rings is 1. The number of fused-ring (bicyclic) bond motifs is 1. The molecule has 0 spiro atoms. The summed E-state index contributed by atoms with van der Waals surface area (Å²) in [7, 11) is 1.95. The molecule has 11 heteroatoms. The first-order valence-corrected chi connectivity index (χ1v) is 9.09. The number of rotatable bonds is 6. The molecule has 2 heterocycles. The highest BCUT2D eigenvalue weighted by Crippen LogP contribution is 2.29. The van der Waals surface area contributed by atoms with Crippen molar-refractivity contribution in [3.05, 3.63) is 24.0 Å². The molecule has 164 valence electrons. The number of carbonyl (C=O) groups excluding carboxylic acids is 1. The molecule has 29 heavy (non-hydrogen) atoms. The molecule has 0 atom stereocenters. The number of alkyl halides is 3. The molecular weight excluding hydrogens is 430 g/mol. The van der Waals surface area contributed by atoms with Crippen LogP contribution in [0.1, 0.15) is 25.1 Å². The van der Waals surface area contributed by atoms with E-state index in [0.29, 0.717) is 11.6 Å². The number of hydrogen-bond donors (Lipinski definition) is 3. The predicted octanol–water partition coefficient (Wildman–Crippen LogP) is 3.69. The van der Waals surface area contributed by atoms with Gasteiger partial charge < -0.3 is 15.6 Å². The zero-order valence-corrected chi connectivity index (χ0v) is 17.6. The average molecular weight is 456 g/mol. The van der Waals surface area contributed by atoms with E-state index in [2.05, 4.69) is 25.5 Å². The SMILES string of the molecule is CNCCC1CCN(CC(=O)Nc2ccc3nc(C(F)(F)F)[nH]c3c2)CC1.Cl.Cl. The zero-order chi connectivity index (χ0) is 19.4. The third kappa shape index (κ3) is 7.02. The molecule has 0 unspecified atom stereocenters. The average Bonchev–Trinajstić information content (AvgIpc) is 3.05. The van der Waals surface area contributed by atoms with E-state index in [9.17, 15) is 18.0 Å². The number of H-pyrrole nitrogens is 1. The van der Waals surface area contributed by atoms with E-state index in [1.165, 1.54) is 12.1 Å². The maximum absolute atomic E-state index is 12.7. The third-order valence-corrected chi connectivity index (χ3v) is 4.91. The summed E-state index contributed by atoms with van der Waals surface area (Å²) < 4.78 is 38.2. The summed E-state index contributed by atoms with van der Waals surface area (Å²) in [5.41, 5.74) is 0.906. The molecule has 1 fully saturated rings. The molecular formula is C18H26Cl2F3N5O. The number of aromatic nitrogens is 2. The van der Waals surface area contributed by atoms with Crippen molar-refractivity contribution in [1.82, 2.24) is 20.2 Å². The fourth-order valence-electron chi connectivity index (χ4n) is 3.41. The van der Waals surface area contributed by atoms with Gasteiger partial charge >= 0.3 is 6.18 Å². The van der Waals surface area contributed by atoms with Crippen molar-refractivity contribution in [2.45, 2.75) is 25.4 Å². The van der Waals surface area contributed by atoms with Gasteiger partial charge in [-0.05, 0) is 70.1 Å². The summed E-state index contributed by atoms with van der Waals surface area (Å²) in [6, 6.07) is 4.49. The maximum atomic E-state index is 12.7. The van der Waals surface area contributed by atoms with Crippen LogP contribution in [0.25, 0.3) is 11.0 Å². The Labute approximate surface area is 179 Å². The molecule has 0 saturated carbocycles. The molecule has 0 radical (unpaired) electrons. The molecule has 0 bridgehead atoms. The van der Waals surface area contributed by atoms with Gasteiger partial charge in [0, 0.05) is 5.69 Å². The van der Waals surface area contributed by atoms with Crippen LogP contribution in [0.15, 0.2) is 18.2 Å². The van der Waals surface area contributed by atoms with E-state index in [0.717, 1.165) is 38.9 Å². The Morgan fingerprint density at radius 2 is 1.97 bits per heavy atom. The quantitative estimate of drug-likeness (QED) is 0.620. The number of aromatic amines is 1. The van der Waals surface area contributed by atoms with E-state index >= 15 is 0 Å². The highest BCUT2D eigenvalue weighted by Gasteiger charge is 2.34. The maximum Gasteiger partial charge on any atom is 0.449 e. The molecule has 1 aliphatic heterocycles. The number of nitrogens with one attached hydrogen (secondary N) is 3. The Morgan fingerprint density at radius 3 is 2.59 bits per heavy atom. The molecule has 3 N–H and O–H groups in total. The number of carbonyl (C=O) groups is 1. The van der Waals surface area contributed by atoms with Crippen LogP contribution in [0.4, 0.5) is 18.9 Å². The second kappa shape index (κ2) is 11.0. The molecule has 6 nitrogen and oxygen atoms in total. The van der Waals surface area contributed by atoms with Gasteiger partial charge in [0.1, 0.15) is 0 Å². The van der Waals surface area contributed by atoms with Crippen LogP contribution in [0.3, 0.4) is 0 Å². The van der Waals surface area contributed by atoms with E-state index < -0.39 is 12.0 Å². The van der Waals surface area contributed by atoms with Crippen molar-refractivity contribution in [3.8, 4) is 0 Å². The Kier molecular flexibility index (Phi) is 9.67. The number of benzene rings is 1. The number of hydrogen-bond acceptors (Lipinski definition) is 4. The smallest absolute Gasteiger partial charge is 0.334 e. The standard InChI is InChI=1S/C18H24F3N5O.2ClH/c1-22-7-4-12-5-8-26(9-6-12)11-16(27)23-13-2-3-14-15(10-13)25-17(24-14)18(19,20)21;;/h2-3,10,12,22H,4-9,11H2,1H3,(H,23,27)(H,24,25);2*1H. The van der Waals surface area contributed by atoms with Crippen LogP contribution in [0, 0.1) is 5.92 Å². The summed E-state index contributed by atoms with van der Waals surface area (Å²) in [5.74, 6) is -0.511. The number of anilines is 1.